The average molecular weight is 456 g/mol. The van der Waals surface area contributed by atoms with Crippen molar-refractivity contribution in [2.24, 2.45) is 0 Å². The van der Waals surface area contributed by atoms with Crippen LogP contribution in [0.5, 0.6) is 0 Å². The summed E-state index contributed by atoms with van der Waals surface area (Å²) in [5.74, 6) is -0.0191. The van der Waals surface area contributed by atoms with Crippen LogP contribution in [-0.4, -0.2) is 50.1 Å². The first-order chi connectivity index (χ1) is 16.6. The lowest BCUT2D eigenvalue weighted by molar-refractivity contribution is 0.0952. The van der Waals surface area contributed by atoms with E-state index >= 15 is 0 Å². The zero-order chi connectivity index (χ0) is 23.5. The van der Waals surface area contributed by atoms with Gasteiger partial charge < -0.3 is 14.6 Å². The number of amides is 1. The maximum Gasteiger partial charge on any atom is 0.251 e. The van der Waals surface area contributed by atoms with Crippen LogP contribution in [0.3, 0.4) is 0 Å². The highest BCUT2D eigenvalue weighted by Crippen LogP contribution is 2.29. The standard InChI is InChI=1S/C29H33N3O2/c1-21-8-7-10-26(22(21)2)32-18-16-31(17-19-32)15-6-5-14-30-29(33)23-12-13-28-25(20-23)24-9-3-4-11-27(24)34-28/h3-4,7-13,20H,5-6,14-19H2,1-2H3,(H,30,33). The second kappa shape index (κ2) is 9.90. The fraction of sp³-hybridized carbons (Fsp3) is 0.345. The maximum atomic E-state index is 12.7. The number of aryl methyl sites for hydroxylation is 1. The van der Waals surface area contributed by atoms with Gasteiger partial charge in [0.1, 0.15) is 11.2 Å². The van der Waals surface area contributed by atoms with E-state index in [2.05, 4.69) is 47.2 Å². The highest BCUT2D eigenvalue weighted by atomic mass is 16.3. The zero-order valence-electron chi connectivity index (χ0n) is 20.1. The predicted molar refractivity (Wildman–Crippen MR) is 140 cm³/mol. The number of nitrogens with one attached hydrogen (secondary N) is 1. The number of carbonyl (C=O) groups is 1. The molecule has 0 radical (unpaired) electrons. The van der Waals surface area contributed by atoms with Crippen molar-refractivity contribution < 1.29 is 9.21 Å². The Morgan fingerprint density at radius 2 is 1.68 bits per heavy atom. The molecule has 1 amide bonds. The Balaban J connectivity index is 1.06. The normalized spacial score (nSPS) is 14.7. The first-order valence-electron chi connectivity index (χ1n) is 12.3. The summed E-state index contributed by atoms with van der Waals surface area (Å²) in [5.41, 5.74) is 6.48. The molecule has 5 nitrogen and oxygen atoms in total. The fourth-order valence-corrected chi connectivity index (χ4v) is 4.92. The van der Waals surface area contributed by atoms with E-state index in [1.54, 1.807) is 0 Å². The first kappa shape index (κ1) is 22.5. The summed E-state index contributed by atoms with van der Waals surface area (Å²) in [6.45, 7) is 10.5. The molecule has 1 saturated heterocycles. The number of carbonyl (C=O) groups excluding carboxylic acids is 1. The molecule has 1 N–H and O–H groups in total. The van der Waals surface area contributed by atoms with Crippen molar-refractivity contribution >= 4 is 33.5 Å². The topological polar surface area (TPSA) is 48.7 Å². The molecule has 4 aromatic rings. The molecule has 1 aromatic heterocycles. The van der Waals surface area contributed by atoms with Gasteiger partial charge in [0.2, 0.25) is 0 Å². The third-order valence-corrected chi connectivity index (χ3v) is 7.11. The van der Waals surface area contributed by atoms with Gasteiger partial charge in [-0.15, -0.1) is 0 Å². The van der Waals surface area contributed by atoms with Crippen molar-refractivity contribution in [3.05, 3.63) is 77.4 Å². The minimum atomic E-state index is -0.0191. The Morgan fingerprint density at radius 1 is 0.882 bits per heavy atom. The highest BCUT2D eigenvalue weighted by Gasteiger charge is 2.18. The van der Waals surface area contributed by atoms with Crippen molar-refractivity contribution in [1.82, 2.24) is 10.2 Å². The summed E-state index contributed by atoms with van der Waals surface area (Å²) >= 11 is 0. The molecule has 0 unspecified atom stereocenters. The number of fused-ring (bicyclic) bond motifs is 3. The fourth-order valence-electron chi connectivity index (χ4n) is 4.92. The van der Waals surface area contributed by atoms with E-state index in [0.29, 0.717) is 12.1 Å². The van der Waals surface area contributed by atoms with Crippen LogP contribution in [0.2, 0.25) is 0 Å². The third-order valence-electron chi connectivity index (χ3n) is 7.11. The summed E-state index contributed by atoms with van der Waals surface area (Å²) < 4.78 is 5.86. The Morgan fingerprint density at radius 3 is 2.53 bits per heavy atom. The SMILES string of the molecule is Cc1cccc(N2CCN(CCCCNC(=O)c3ccc4oc5ccccc5c4c3)CC2)c1C. The molecule has 176 valence electrons. The quantitative estimate of drug-likeness (QED) is 0.372. The number of rotatable bonds is 7. The van der Waals surface area contributed by atoms with E-state index in [4.69, 9.17) is 4.42 Å². The Hall–Kier alpha value is -3.31. The maximum absolute atomic E-state index is 12.7. The number of nitrogens with zero attached hydrogens (tertiary/aromatic N) is 2. The summed E-state index contributed by atoms with van der Waals surface area (Å²) in [6.07, 6.45) is 2.08. The van der Waals surface area contributed by atoms with Crippen LogP contribution in [-0.2, 0) is 0 Å². The number of anilines is 1. The molecule has 0 atom stereocenters. The van der Waals surface area contributed by atoms with Crippen LogP contribution in [0.25, 0.3) is 21.9 Å². The van der Waals surface area contributed by atoms with Gasteiger partial charge in [-0.3, -0.25) is 9.69 Å². The van der Waals surface area contributed by atoms with Gasteiger partial charge in [0.15, 0.2) is 0 Å². The van der Waals surface area contributed by atoms with Crippen LogP contribution in [0, 0.1) is 13.8 Å². The number of hydrogen-bond acceptors (Lipinski definition) is 4. The van der Waals surface area contributed by atoms with Crippen molar-refractivity contribution in [1.29, 1.82) is 0 Å². The molecule has 1 aliphatic rings. The second-order valence-corrected chi connectivity index (χ2v) is 9.32. The minimum absolute atomic E-state index is 0.0191. The van der Waals surface area contributed by atoms with Gasteiger partial charge >= 0.3 is 0 Å². The number of unbranched alkanes of at least 4 members (excludes halogenated alkanes) is 1. The monoisotopic (exact) mass is 455 g/mol. The van der Waals surface area contributed by atoms with Gasteiger partial charge in [-0.25, -0.2) is 0 Å². The number of furan rings is 1. The molecular weight excluding hydrogens is 422 g/mol. The van der Waals surface area contributed by atoms with Gasteiger partial charge in [-0.2, -0.15) is 0 Å². The molecular formula is C29H33N3O2. The van der Waals surface area contributed by atoms with E-state index in [0.717, 1.165) is 67.5 Å². The van der Waals surface area contributed by atoms with Crippen molar-refractivity contribution in [3.63, 3.8) is 0 Å². The molecule has 1 fully saturated rings. The molecule has 0 bridgehead atoms. The Bertz CT molecular complexity index is 1300. The summed E-state index contributed by atoms with van der Waals surface area (Å²) in [5, 5.41) is 5.12. The van der Waals surface area contributed by atoms with Crippen LogP contribution in [0.15, 0.2) is 65.1 Å². The smallest absolute Gasteiger partial charge is 0.251 e. The molecule has 2 heterocycles. The minimum Gasteiger partial charge on any atom is -0.456 e. The number of benzene rings is 3. The van der Waals surface area contributed by atoms with E-state index in [1.165, 1.54) is 16.8 Å². The highest BCUT2D eigenvalue weighted by molar-refractivity contribution is 6.08. The van der Waals surface area contributed by atoms with E-state index < -0.39 is 0 Å². The molecule has 3 aromatic carbocycles. The van der Waals surface area contributed by atoms with Gasteiger partial charge in [-0.05, 0) is 74.7 Å². The van der Waals surface area contributed by atoms with Crippen molar-refractivity contribution in [3.8, 4) is 0 Å². The average Bonchev–Trinajstić information content (AvgIpc) is 3.24. The van der Waals surface area contributed by atoms with Gasteiger partial charge in [0.25, 0.3) is 5.91 Å². The molecule has 0 spiro atoms. The number of piperazine rings is 1. The number of hydrogen-bond donors (Lipinski definition) is 1. The predicted octanol–water partition coefficient (Wildman–Crippen LogP) is 5.54. The lowest BCUT2D eigenvalue weighted by Gasteiger charge is -2.37. The Labute approximate surface area is 201 Å². The van der Waals surface area contributed by atoms with E-state index in [1.807, 2.05) is 42.5 Å². The molecule has 0 saturated carbocycles. The lowest BCUT2D eigenvalue weighted by atomic mass is 10.1. The van der Waals surface area contributed by atoms with Gasteiger partial charge in [0.05, 0.1) is 0 Å². The second-order valence-electron chi connectivity index (χ2n) is 9.32. The van der Waals surface area contributed by atoms with Crippen molar-refractivity contribution in [2.75, 3.05) is 44.2 Å². The van der Waals surface area contributed by atoms with E-state index in [-0.39, 0.29) is 5.91 Å². The van der Waals surface area contributed by atoms with Crippen molar-refractivity contribution in [2.45, 2.75) is 26.7 Å². The van der Waals surface area contributed by atoms with Crippen LogP contribution >= 0.6 is 0 Å². The van der Waals surface area contributed by atoms with Crippen LogP contribution < -0.4 is 10.2 Å². The van der Waals surface area contributed by atoms with Crippen LogP contribution in [0.4, 0.5) is 5.69 Å². The number of para-hydroxylation sites is 1. The van der Waals surface area contributed by atoms with Gasteiger partial charge in [0, 0.05) is 54.7 Å². The van der Waals surface area contributed by atoms with Gasteiger partial charge in [-0.1, -0.05) is 30.3 Å². The lowest BCUT2D eigenvalue weighted by Crippen LogP contribution is -2.47. The molecule has 5 heteroatoms. The summed E-state index contributed by atoms with van der Waals surface area (Å²) in [4.78, 5) is 17.7. The Kier molecular flexibility index (Phi) is 6.54. The summed E-state index contributed by atoms with van der Waals surface area (Å²) in [7, 11) is 0. The summed E-state index contributed by atoms with van der Waals surface area (Å²) in [6, 6.07) is 20.2. The largest absolute Gasteiger partial charge is 0.456 e. The first-order valence-corrected chi connectivity index (χ1v) is 12.3. The molecule has 34 heavy (non-hydrogen) atoms. The molecule has 0 aliphatic carbocycles. The molecule has 5 rings (SSSR count). The van der Waals surface area contributed by atoms with Crippen LogP contribution in [0.1, 0.15) is 34.3 Å². The zero-order valence-corrected chi connectivity index (χ0v) is 20.1. The molecule has 1 aliphatic heterocycles. The third kappa shape index (κ3) is 4.66. The van der Waals surface area contributed by atoms with E-state index in [9.17, 15) is 4.79 Å².